The van der Waals surface area contributed by atoms with Crippen LogP contribution >= 0.6 is 27.5 Å². The number of amides is 3. The lowest BCUT2D eigenvalue weighted by Gasteiger charge is -2.23. The number of imide groups is 1. The molecule has 0 spiro atoms. The van der Waals surface area contributed by atoms with E-state index in [1.165, 1.54) is 0 Å². The highest BCUT2D eigenvalue weighted by Gasteiger charge is 2.60. The summed E-state index contributed by atoms with van der Waals surface area (Å²) < 4.78 is 0.723. The Labute approximate surface area is 158 Å². The van der Waals surface area contributed by atoms with E-state index >= 15 is 0 Å². The zero-order chi connectivity index (χ0) is 17.9. The summed E-state index contributed by atoms with van der Waals surface area (Å²) in [6.07, 6.45) is 4.95. The van der Waals surface area contributed by atoms with Crippen molar-refractivity contribution in [3.05, 3.63) is 39.8 Å². The minimum Gasteiger partial charge on any atom is -0.324 e. The summed E-state index contributed by atoms with van der Waals surface area (Å²) in [6.45, 7) is 1.59. The Morgan fingerprint density at radius 3 is 2.40 bits per heavy atom. The number of halogens is 2. The van der Waals surface area contributed by atoms with Crippen molar-refractivity contribution in [1.82, 2.24) is 4.90 Å². The van der Waals surface area contributed by atoms with E-state index in [1.54, 1.807) is 25.1 Å². The Balaban J connectivity index is 1.52. The predicted octanol–water partition coefficient (Wildman–Crippen LogP) is 3.24. The third-order valence-electron chi connectivity index (χ3n) is 5.46. The number of allylic oxidation sites excluding steroid dienone is 2. The van der Waals surface area contributed by atoms with Crippen molar-refractivity contribution in [3.8, 4) is 0 Å². The number of nitrogens with one attached hydrogen (secondary N) is 1. The van der Waals surface area contributed by atoms with Crippen LogP contribution in [0.5, 0.6) is 0 Å². The molecule has 7 heteroatoms. The van der Waals surface area contributed by atoms with Gasteiger partial charge in [-0.25, -0.2) is 0 Å². The second-order valence-electron chi connectivity index (χ2n) is 6.84. The van der Waals surface area contributed by atoms with E-state index < -0.39 is 11.9 Å². The molecule has 2 bridgehead atoms. The van der Waals surface area contributed by atoms with Gasteiger partial charge in [-0.3, -0.25) is 19.3 Å². The van der Waals surface area contributed by atoms with Gasteiger partial charge in [0.2, 0.25) is 17.7 Å². The van der Waals surface area contributed by atoms with Gasteiger partial charge >= 0.3 is 0 Å². The summed E-state index contributed by atoms with van der Waals surface area (Å²) in [4.78, 5) is 39.2. The van der Waals surface area contributed by atoms with E-state index in [4.69, 9.17) is 11.6 Å². The number of rotatable bonds is 3. The van der Waals surface area contributed by atoms with Crippen molar-refractivity contribution in [2.75, 3.05) is 5.32 Å². The van der Waals surface area contributed by atoms with Crippen LogP contribution in [0.3, 0.4) is 0 Å². The summed E-state index contributed by atoms with van der Waals surface area (Å²) in [7, 11) is 0. The third-order valence-corrected chi connectivity index (χ3v) is 6.69. The largest absolute Gasteiger partial charge is 0.324 e. The molecule has 0 radical (unpaired) electrons. The molecule has 5 atom stereocenters. The number of carbonyl (C=O) groups is 3. The highest BCUT2D eigenvalue weighted by Crippen LogP contribution is 2.52. The van der Waals surface area contributed by atoms with Crippen molar-refractivity contribution in [3.63, 3.8) is 0 Å². The van der Waals surface area contributed by atoms with Gasteiger partial charge < -0.3 is 5.32 Å². The number of hydrogen-bond acceptors (Lipinski definition) is 3. The lowest BCUT2D eigenvalue weighted by atomic mass is 9.85. The highest BCUT2D eigenvalue weighted by molar-refractivity contribution is 9.10. The lowest BCUT2D eigenvalue weighted by molar-refractivity contribution is -0.146. The minimum atomic E-state index is -0.854. The molecular formula is C18H16BrClN2O3. The molecule has 1 N–H and O–H groups in total. The van der Waals surface area contributed by atoms with Crippen LogP contribution in [0.4, 0.5) is 5.69 Å². The quantitative estimate of drug-likeness (QED) is 0.599. The van der Waals surface area contributed by atoms with Crippen LogP contribution in [0.25, 0.3) is 0 Å². The van der Waals surface area contributed by atoms with Crippen LogP contribution in [-0.4, -0.2) is 28.7 Å². The number of anilines is 1. The Bertz CT molecular complexity index is 795. The van der Waals surface area contributed by atoms with Gasteiger partial charge in [0, 0.05) is 10.2 Å². The van der Waals surface area contributed by atoms with E-state index in [0.29, 0.717) is 10.7 Å². The van der Waals surface area contributed by atoms with Crippen molar-refractivity contribution < 1.29 is 14.4 Å². The molecule has 1 saturated heterocycles. The summed E-state index contributed by atoms with van der Waals surface area (Å²) in [5.41, 5.74) is 0.520. The molecule has 5 nitrogen and oxygen atoms in total. The van der Waals surface area contributed by atoms with Crippen molar-refractivity contribution >= 4 is 50.9 Å². The Hall–Kier alpha value is -1.66. The first kappa shape index (κ1) is 16.8. The highest BCUT2D eigenvalue weighted by atomic mass is 79.9. The van der Waals surface area contributed by atoms with Gasteiger partial charge in [0.05, 0.1) is 16.9 Å². The molecular weight excluding hydrogens is 408 g/mol. The number of fused-ring (bicyclic) bond motifs is 5. The van der Waals surface area contributed by atoms with Gasteiger partial charge in [-0.15, -0.1) is 0 Å². The van der Waals surface area contributed by atoms with Crippen LogP contribution in [0.15, 0.2) is 34.8 Å². The number of hydrogen-bond donors (Lipinski definition) is 1. The van der Waals surface area contributed by atoms with E-state index in [1.807, 2.05) is 12.2 Å². The smallest absolute Gasteiger partial charge is 0.247 e. The molecule has 25 heavy (non-hydrogen) atoms. The average molecular weight is 424 g/mol. The van der Waals surface area contributed by atoms with Crippen LogP contribution in [0.1, 0.15) is 13.3 Å². The topological polar surface area (TPSA) is 66.5 Å². The first-order chi connectivity index (χ1) is 11.9. The maximum atomic E-state index is 12.7. The van der Waals surface area contributed by atoms with Gasteiger partial charge in [0.15, 0.2) is 0 Å². The molecule has 2 fully saturated rings. The molecule has 2 aliphatic carbocycles. The van der Waals surface area contributed by atoms with E-state index in [9.17, 15) is 14.4 Å². The van der Waals surface area contributed by atoms with Crippen LogP contribution < -0.4 is 5.32 Å². The maximum Gasteiger partial charge on any atom is 0.247 e. The fourth-order valence-electron chi connectivity index (χ4n) is 4.24. The normalized spacial score (nSPS) is 30.8. The van der Waals surface area contributed by atoms with Gasteiger partial charge in [-0.05, 0) is 59.3 Å². The summed E-state index contributed by atoms with van der Waals surface area (Å²) in [5.74, 6) is -1.15. The SMILES string of the molecule is C[C@@H](C(=O)Nc1ccc(Br)c(Cl)c1)N1C(=O)[C@@H]2[C@H](C1=O)[C@H]1C=C[C@@H]2C1. The van der Waals surface area contributed by atoms with Crippen LogP contribution in [-0.2, 0) is 14.4 Å². The molecule has 130 valence electrons. The predicted molar refractivity (Wildman–Crippen MR) is 96.8 cm³/mol. The molecule has 1 saturated carbocycles. The van der Waals surface area contributed by atoms with Crippen LogP contribution in [0.2, 0.25) is 5.02 Å². The van der Waals surface area contributed by atoms with Crippen molar-refractivity contribution in [1.29, 1.82) is 0 Å². The number of likely N-dealkylation sites (tertiary alicyclic amines) is 1. The Morgan fingerprint density at radius 1 is 1.24 bits per heavy atom. The molecule has 1 aromatic rings. The van der Waals surface area contributed by atoms with Crippen molar-refractivity contribution in [2.24, 2.45) is 23.7 Å². The first-order valence-electron chi connectivity index (χ1n) is 8.19. The standard InChI is InChI=1S/C18H16BrClN2O3/c1-8(16(23)21-11-4-5-12(19)13(20)7-11)22-17(24)14-9-2-3-10(6-9)15(14)18(22)25/h2-5,7-10,14-15H,6H2,1H3,(H,21,23)/t8-,9-,10+,14+,15-/m0/s1. The fourth-order valence-corrected chi connectivity index (χ4v) is 4.67. The molecule has 0 aromatic heterocycles. The van der Waals surface area contributed by atoms with E-state index in [-0.39, 0.29) is 35.5 Å². The summed E-state index contributed by atoms with van der Waals surface area (Å²) in [6, 6.07) is 4.19. The van der Waals surface area contributed by atoms with E-state index in [0.717, 1.165) is 15.8 Å². The number of nitrogens with zero attached hydrogens (tertiary/aromatic N) is 1. The second-order valence-corrected chi connectivity index (χ2v) is 8.10. The third kappa shape index (κ3) is 2.54. The Morgan fingerprint density at radius 2 is 1.84 bits per heavy atom. The molecule has 1 heterocycles. The molecule has 1 aliphatic heterocycles. The molecule has 0 unspecified atom stereocenters. The van der Waals surface area contributed by atoms with Crippen molar-refractivity contribution in [2.45, 2.75) is 19.4 Å². The van der Waals surface area contributed by atoms with E-state index in [2.05, 4.69) is 21.2 Å². The maximum absolute atomic E-state index is 12.7. The zero-order valence-electron chi connectivity index (χ0n) is 13.4. The molecule has 3 aliphatic rings. The average Bonchev–Trinajstić information content (AvgIpc) is 3.24. The first-order valence-corrected chi connectivity index (χ1v) is 9.36. The van der Waals surface area contributed by atoms with Crippen LogP contribution in [0, 0.1) is 23.7 Å². The van der Waals surface area contributed by atoms with Gasteiger partial charge in [-0.2, -0.15) is 0 Å². The van der Waals surface area contributed by atoms with Gasteiger partial charge in [-0.1, -0.05) is 23.8 Å². The second kappa shape index (κ2) is 5.95. The number of carbonyl (C=O) groups excluding carboxylic acids is 3. The Kier molecular flexibility index (Phi) is 4.00. The molecule has 3 amide bonds. The summed E-state index contributed by atoms with van der Waals surface area (Å²) in [5, 5.41) is 3.19. The monoisotopic (exact) mass is 422 g/mol. The molecule has 4 rings (SSSR count). The molecule has 1 aromatic carbocycles. The van der Waals surface area contributed by atoms with Gasteiger partial charge in [0.25, 0.3) is 0 Å². The zero-order valence-corrected chi connectivity index (χ0v) is 15.8. The number of benzene rings is 1. The lowest BCUT2D eigenvalue weighted by Crippen LogP contribution is -2.46. The van der Waals surface area contributed by atoms with Gasteiger partial charge in [0.1, 0.15) is 6.04 Å². The fraction of sp³-hybridized carbons (Fsp3) is 0.389. The minimum absolute atomic E-state index is 0.136. The summed E-state index contributed by atoms with van der Waals surface area (Å²) >= 11 is 9.32.